The number of benzene rings is 2. The van der Waals surface area contributed by atoms with Gasteiger partial charge in [-0.25, -0.2) is 0 Å². The second-order valence-corrected chi connectivity index (χ2v) is 7.65. The second kappa shape index (κ2) is 11.4. The molecule has 2 aromatic carbocycles. The molecule has 0 saturated carbocycles. The molecule has 2 aromatic rings. The van der Waals surface area contributed by atoms with Crippen LogP contribution in [0.1, 0.15) is 23.8 Å². The number of fused-ring (bicyclic) bond motifs is 1. The second-order valence-electron chi connectivity index (χ2n) is 7.65. The van der Waals surface area contributed by atoms with Crippen LogP contribution in [0.15, 0.2) is 65.8 Å². The number of aliphatic hydroxyl groups is 1. The van der Waals surface area contributed by atoms with E-state index in [1.54, 1.807) is 0 Å². The van der Waals surface area contributed by atoms with E-state index in [-0.39, 0.29) is 13.2 Å². The molecule has 0 aromatic heterocycles. The summed E-state index contributed by atoms with van der Waals surface area (Å²) >= 11 is 0. The van der Waals surface area contributed by atoms with Crippen LogP contribution in [0.3, 0.4) is 0 Å². The van der Waals surface area contributed by atoms with E-state index in [1.807, 2.05) is 60.7 Å². The first-order valence-corrected chi connectivity index (χ1v) is 10.7. The highest BCUT2D eigenvalue weighted by atomic mass is 16.8. The zero-order valence-corrected chi connectivity index (χ0v) is 17.6. The van der Waals surface area contributed by atoms with E-state index in [0.717, 1.165) is 11.1 Å². The molecular formula is C23H27N3O6. The summed E-state index contributed by atoms with van der Waals surface area (Å²) in [6.07, 6.45) is -3.68. The lowest BCUT2D eigenvalue weighted by atomic mass is 9.97. The van der Waals surface area contributed by atoms with Crippen LogP contribution in [0.2, 0.25) is 0 Å². The van der Waals surface area contributed by atoms with Gasteiger partial charge in [-0.1, -0.05) is 65.8 Å². The Morgan fingerprint density at radius 2 is 1.78 bits per heavy atom. The first kappa shape index (κ1) is 22.7. The van der Waals surface area contributed by atoms with E-state index in [1.165, 1.54) is 0 Å². The molecule has 2 aliphatic heterocycles. The maximum Gasteiger partial charge on any atom is 0.186 e. The summed E-state index contributed by atoms with van der Waals surface area (Å²) in [4.78, 5) is 2.72. The normalized spacial score (nSPS) is 29.7. The molecule has 32 heavy (non-hydrogen) atoms. The largest absolute Gasteiger partial charge is 0.385 e. The van der Waals surface area contributed by atoms with Crippen molar-refractivity contribution in [2.24, 2.45) is 5.11 Å². The molecule has 0 spiro atoms. The van der Waals surface area contributed by atoms with Crippen molar-refractivity contribution in [2.45, 2.75) is 50.0 Å². The topological polar surface area (TPSA) is 115 Å². The van der Waals surface area contributed by atoms with Gasteiger partial charge in [0, 0.05) is 23.6 Å². The molecule has 6 atom stereocenters. The third-order valence-electron chi connectivity index (χ3n) is 5.41. The quantitative estimate of drug-likeness (QED) is 0.276. The summed E-state index contributed by atoms with van der Waals surface area (Å²) in [5.74, 6) is 0. The van der Waals surface area contributed by atoms with Gasteiger partial charge in [-0.2, -0.15) is 0 Å². The summed E-state index contributed by atoms with van der Waals surface area (Å²) in [5, 5.41) is 14.5. The molecule has 0 amide bonds. The lowest BCUT2D eigenvalue weighted by Crippen LogP contribution is -2.63. The van der Waals surface area contributed by atoms with Gasteiger partial charge in [-0.15, -0.1) is 0 Å². The van der Waals surface area contributed by atoms with Crippen LogP contribution in [-0.4, -0.2) is 55.6 Å². The Labute approximate surface area is 186 Å². The summed E-state index contributed by atoms with van der Waals surface area (Å²) < 4.78 is 30.0. The average molecular weight is 441 g/mol. The van der Waals surface area contributed by atoms with Crippen molar-refractivity contribution in [3.8, 4) is 0 Å². The van der Waals surface area contributed by atoms with Crippen LogP contribution in [0, 0.1) is 0 Å². The van der Waals surface area contributed by atoms with E-state index >= 15 is 0 Å². The summed E-state index contributed by atoms with van der Waals surface area (Å²) in [6.45, 7) is 1.18. The highest BCUT2D eigenvalue weighted by Crippen LogP contribution is 2.36. The van der Waals surface area contributed by atoms with E-state index in [2.05, 4.69) is 10.0 Å². The standard InChI is InChI=1S/C23H27N3O6/c24-26-25-12-7-13-28-23-19(27)21(29-14-16-8-3-1-4-9-16)20-18(31-23)15-30-22(32-20)17-10-5-2-6-11-17/h1-6,8-11,18-23,27H,7,12-15H2/t18-,19-,20+,21-,22?,23-/m1/s1. The Kier molecular flexibility index (Phi) is 8.08. The highest BCUT2D eigenvalue weighted by Gasteiger charge is 2.50. The average Bonchev–Trinajstić information content (AvgIpc) is 2.84. The van der Waals surface area contributed by atoms with Crippen LogP contribution in [-0.2, 0) is 30.3 Å². The van der Waals surface area contributed by atoms with E-state index < -0.39 is 37.0 Å². The zero-order valence-electron chi connectivity index (χ0n) is 17.6. The van der Waals surface area contributed by atoms with Crippen molar-refractivity contribution >= 4 is 0 Å². The lowest BCUT2D eigenvalue weighted by molar-refractivity contribution is -0.366. The van der Waals surface area contributed by atoms with Crippen LogP contribution >= 0.6 is 0 Å². The molecule has 9 nitrogen and oxygen atoms in total. The number of hydrogen-bond donors (Lipinski definition) is 1. The fourth-order valence-corrected chi connectivity index (χ4v) is 3.82. The zero-order chi connectivity index (χ0) is 22.2. The summed E-state index contributed by atoms with van der Waals surface area (Å²) in [5.41, 5.74) is 10.3. The minimum Gasteiger partial charge on any atom is -0.385 e. The molecule has 2 saturated heterocycles. The molecule has 170 valence electrons. The van der Waals surface area contributed by atoms with Crippen molar-refractivity contribution in [3.05, 3.63) is 82.2 Å². The Morgan fingerprint density at radius 3 is 2.53 bits per heavy atom. The first-order valence-electron chi connectivity index (χ1n) is 10.7. The fraction of sp³-hybridized carbons (Fsp3) is 0.478. The van der Waals surface area contributed by atoms with Crippen molar-refractivity contribution in [1.82, 2.24) is 0 Å². The third-order valence-corrected chi connectivity index (χ3v) is 5.41. The van der Waals surface area contributed by atoms with Gasteiger partial charge in [0.25, 0.3) is 0 Å². The van der Waals surface area contributed by atoms with Gasteiger partial charge in [0.2, 0.25) is 0 Å². The minimum atomic E-state index is -1.06. The molecule has 4 rings (SSSR count). The molecule has 0 aliphatic carbocycles. The SMILES string of the molecule is [N-]=[N+]=NCCCO[C@@H]1O[C@@H]2COC(c3ccccc3)O[C@@H]2[C@H](OCc2ccccc2)[C@H]1O. The van der Waals surface area contributed by atoms with Crippen molar-refractivity contribution in [3.63, 3.8) is 0 Å². The lowest BCUT2D eigenvalue weighted by Gasteiger charge is -2.47. The van der Waals surface area contributed by atoms with E-state index in [4.69, 9.17) is 29.2 Å². The van der Waals surface area contributed by atoms with Crippen molar-refractivity contribution < 1.29 is 28.8 Å². The predicted molar refractivity (Wildman–Crippen MR) is 114 cm³/mol. The Morgan fingerprint density at radius 1 is 1.03 bits per heavy atom. The van der Waals surface area contributed by atoms with Gasteiger partial charge >= 0.3 is 0 Å². The third kappa shape index (κ3) is 5.65. The first-order chi connectivity index (χ1) is 15.8. The van der Waals surface area contributed by atoms with Gasteiger partial charge in [-0.3, -0.25) is 0 Å². The Hall–Kier alpha value is -2.49. The number of aliphatic hydroxyl groups excluding tert-OH is 1. The molecule has 0 bridgehead atoms. The number of hydrogen-bond acceptors (Lipinski definition) is 7. The number of nitrogens with zero attached hydrogens (tertiary/aromatic N) is 3. The van der Waals surface area contributed by atoms with Crippen LogP contribution in [0.5, 0.6) is 0 Å². The molecule has 1 unspecified atom stereocenters. The summed E-state index contributed by atoms with van der Waals surface area (Å²) in [7, 11) is 0. The van der Waals surface area contributed by atoms with E-state index in [0.29, 0.717) is 19.6 Å². The molecule has 2 heterocycles. The monoisotopic (exact) mass is 441 g/mol. The number of azide groups is 1. The molecule has 1 N–H and O–H groups in total. The molecule has 9 heteroatoms. The van der Waals surface area contributed by atoms with Gasteiger partial charge < -0.3 is 28.8 Å². The minimum absolute atomic E-state index is 0.276. The van der Waals surface area contributed by atoms with Crippen LogP contribution < -0.4 is 0 Å². The van der Waals surface area contributed by atoms with E-state index in [9.17, 15) is 5.11 Å². The Bertz CT molecular complexity index is 880. The maximum atomic E-state index is 11.0. The van der Waals surface area contributed by atoms with Gasteiger partial charge in [0.15, 0.2) is 12.6 Å². The van der Waals surface area contributed by atoms with Crippen molar-refractivity contribution in [1.29, 1.82) is 0 Å². The van der Waals surface area contributed by atoms with Gasteiger partial charge in [-0.05, 0) is 17.5 Å². The number of rotatable bonds is 9. The molecule has 2 fully saturated rings. The molecular weight excluding hydrogens is 414 g/mol. The Balaban J connectivity index is 1.46. The fourth-order valence-electron chi connectivity index (χ4n) is 3.82. The smallest absolute Gasteiger partial charge is 0.186 e. The van der Waals surface area contributed by atoms with Crippen molar-refractivity contribution in [2.75, 3.05) is 19.8 Å². The highest BCUT2D eigenvalue weighted by molar-refractivity contribution is 5.17. The molecule has 0 radical (unpaired) electrons. The molecule has 2 aliphatic rings. The predicted octanol–water partition coefficient (Wildman–Crippen LogP) is 3.49. The van der Waals surface area contributed by atoms with Gasteiger partial charge in [0.05, 0.1) is 13.2 Å². The maximum absolute atomic E-state index is 11.0. The van der Waals surface area contributed by atoms with Gasteiger partial charge in [0.1, 0.15) is 24.4 Å². The summed E-state index contributed by atoms with van der Waals surface area (Å²) in [6, 6.07) is 19.4. The van der Waals surface area contributed by atoms with Crippen LogP contribution in [0.4, 0.5) is 0 Å². The number of ether oxygens (including phenoxy) is 5. The van der Waals surface area contributed by atoms with Crippen LogP contribution in [0.25, 0.3) is 10.4 Å².